The number of rotatable bonds is 5. The number of hydrogen-bond acceptors (Lipinski definition) is 3. The lowest BCUT2D eigenvalue weighted by atomic mass is 10.1. The van der Waals surface area contributed by atoms with Crippen molar-refractivity contribution >= 4 is 11.6 Å². The molecule has 3 aromatic rings. The molecule has 0 aliphatic heterocycles. The van der Waals surface area contributed by atoms with Gasteiger partial charge in [-0.2, -0.15) is 0 Å². The lowest BCUT2D eigenvalue weighted by Crippen LogP contribution is -2.10. The molecule has 0 spiro atoms. The first kappa shape index (κ1) is 15.9. The zero-order chi connectivity index (χ0) is 16.9. The highest BCUT2D eigenvalue weighted by Crippen LogP contribution is 2.19. The van der Waals surface area contributed by atoms with Crippen molar-refractivity contribution < 1.29 is 13.9 Å². The van der Waals surface area contributed by atoms with Crippen LogP contribution >= 0.6 is 0 Å². The van der Waals surface area contributed by atoms with Crippen molar-refractivity contribution in [3.63, 3.8) is 0 Å². The predicted molar refractivity (Wildman–Crippen MR) is 93.6 cm³/mol. The number of nitrogens with one attached hydrogen (secondary N) is 1. The molecule has 0 unspecified atom stereocenters. The quantitative estimate of drug-likeness (QED) is 0.756. The summed E-state index contributed by atoms with van der Waals surface area (Å²) in [5.74, 6) is 1.46. The van der Waals surface area contributed by atoms with Gasteiger partial charge < -0.3 is 14.5 Å². The average Bonchev–Trinajstić information content (AvgIpc) is 3.06. The van der Waals surface area contributed by atoms with Crippen molar-refractivity contribution in [2.24, 2.45) is 0 Å². The van der Waals surface area contributed by atoms with Crippen LogP contribution in [0.4, 0.5) is 5.69 Å². The van der Waals surface area contributed by atoms with Crippen molar-refractivity contribution in [2.45, 2.75) is 13.3 Å². The summed E-state index contributed by atoms with van der Waals surface area (Å²) in [5.41, 5.74) is 3.03. The van der Waals surface area contributed by atoms with Crippen LogP contribution < -0.4 is 10.1 Å². The van der Waals surface area contributed by atoms with Crippen LogP contribution in [0.1, 0.15) is 27.4 Å². The number of anilines is 1. The third-order valence-electron chi connectivity index (χ3n) is 3.71. The Morgan fingerprint density at radius 1 is 1.08 bits per heavy atom. The molecule has 1 N–H and O–H groups in total. The number of furan rings is 1. The molecular weight excluding hydrogens is 302 g/mol. The van der Waals surface area contributed by atoms with Crippen molar-refractivity contribution in [3.05, 3.63) is 83.3 Å². The first-order valence-corrected chi connectivity index (χ1v) is 7.74. The minimum atomic E-state index is -0.279. The molecule has 1 heterocycles. The summed E-state index contributed by atoms with van der Waals surface area (Å²) in [6, 6.07) is 19.0. The Hall–Kier alpha value is -3.01. The molecule has 1 aromatic heterocycles. The summed E-state index contributed by atoms with van der Waals surface area (Å²) in [6.07, 6.45) is 0.659. The topological polar surface area (TPSA) is 51.5 Å². The fraction of sp³-hybridized carbons (Fsp3) is 0.150. The van der Waals surface area contributed by atoms with Crippen molar-refractivity contribution in [1.82, 2.24) is 0 Å². The summed E-state index contributed by atoms with van der Waals surface area (Å²) < 4.78 is 10.8. The average molecular weight is 321 g/mol. The Bertz CT molecular complexity index is 834. The van der Waals surface area contributed by atoms with Crippen LogP contribution in [0.2, 0.25) is 0 Å². The van der Waals surface area contributed by atoms with Gasteiger partial charge in [0.25, 0.3) is 5.91 Å². The van der Waals surface area contributed by atoms with E-state index < -0.39 is 0 Å². The number of methoxy groups -OCH3 is 1. The zero-order valence-electron chi connectivity index (χ0n) is 13.7. The molecule has 0 radical (unpaired) electrons. The van der Waals surface area contributed by atoms with Crippen molar-refractivity contribution in [3.8, 4) is 5.75 Å². The van der Waals surface area contributed by atoms with E-state index in [1.165, 1.54) is 5.56 Å². The van der Waals surface area contributed by atoms with Gasteiger partial charge in [-0.1, -0.05) is 35.9 Å². The van der Waals surface area contributed by atoms with Gasteiger partial charge >= 0.3 is 0 Å². The molecule has 1 amide bonds. The van der Waals surface area contributed by atoms with E-state index in [-0.39, 0.29) is 5.91 Å². The highest BCUT2D eigenvalue weighted by Gasteiger charge is 2.12. The monoisotopic (exact) mass is 321 g/mol. The van der Waals surface area contributed by atoms with Crippen LogP contribution in [-0.2, 0) is 6.42 Å². The minimum Gasteiger partial charge on any atom is -0.497 e. The Labute approximate surface area is 141 Å². The molecule has 0 aliphatic carbocycles. The van der Waals surface area contributed by atoms with Gasteiger partial charge in [0, 0.05) is 18.2 Å². The molecule has 122 valence electrons. The molecule has 3 rings (SSSR count). The van der Waals surface area contributed by atoms with Gasteiger partial charge in [0.15, 0.2) is 5.76 Å². The van der Waals surface area contributed by atoms with Crippen LogP contribution in [-0.4, -0.2) is 13.0 Å². The van der Waals surface area contributed by atoms with E-state index in [2.05, 4.69) is 36.5 Å². The summed E-state index contributed by atoms with van der Waals surface area (Å²) >= 11 is 0. The van der Waals surface area contributed by atoms with Crippen LogP contribution in [0.15, 0.2) is 65.1 Å². The molecular formula is C20H19NO3. The molecule has 0 fully saturated rings. The molecule has 4 heteroatoms. The predicted octanol–water partition coefficient (Wildman–Crippen LogP) is 4.44. The normalized spacial score (nSPS) is 10.4. The molecule has 0 saturated heterocycles. The van der Waals surface area contributed by atoms with Crippen LogP contribution in [0.3, 0.4) is 0 Å². The number of aryl methyl sites for hydroxylation is 1. The number of benzene rings is 2. The van der Waals surface area contributed by atoms with E-state index in [4.69, 9.17) is 9.15 Å². The highest BCUT2D eigenvalue weighted by atomic mass is 16.5. The van der Waals surface area contributed by atoms with Crippen LogP contribution in [0.25, 0.3) is 0 Å². The third-order valence-corrected chi connectivity index (χ3v) is 3.71. The second-order valence-corrected chi connectivity index (χ2v) is 5.61. The zero-order valence-corrected chi connectivity index (χ0v) is 13.7. The Morgan fingerprint density at radius 2 is 1.88 bits per heavy atom. The van der Waals surface area contributed by atoms with Crippen LogP contribution in [0.5, 0.6) is 5.75 Å². The van der Waals surface area contributed by atoms with Gasteiger partial charge in [-0.05, 0) is 36.8 Å². The van der Waals surface area contributed by atoms with E-state index in [0.717, 1.165) is 11.3 Å². The van der Waals surface area contributed by atoms with Crippen molar-refractivity contribution in [1.29, 1.82) is 0 Å². The maximum atomic E-state index is 12.3. The standard InChI is InChI=1S/C20H19NO3/c1-14-6-8-15(9-7-14)12-18-10-11-19(24-18)20(22)21-16-4-3-5-17(13-16)23-2/h3-11,13H,12H2,1-2H3,(H,21,22). The molecule has 0 atom stereocenters. The lowest BCUT2D eigenvalue weighted by molar-refractivity contribution is 0.0995. The van der Waals surface area contributed by atoms with Gasteiger partial charge in [-0.15, -0.1) is 0 Å². The first-order chi connectivity index (χ1) is 11.6. The van der Waals surface area contributed by atoms with Gasteiger partial charge in [0.1, 0.15) is 11.5 Å². The van der Waals surface area contributed by atoms with Crippen molar-refractivity contribution in [2.75, 3.05) is 12.4 Å². The van der Waals surface area contributed by atoms with Gasteiger partial charge in [-0.3, -0.25) is 4.79 Å². The largest absolute Gasteiger partial charge is 0.497 e. The Kier molecular flexibility index (Phi) is 4.66. The second-order valence-electron chi connectivity index (χ2n) is 5.61. The summed E-state index contributed by atoms with van der Waals surface area (Å²) in [7, 11) is 1.59. The van der Waals surface area contributed by atoms with Gasteiger partial charge in [0.05, 0.1) is 7.11 Å². The van der Waals surface area contributed by atoms with Gasteiger partial charge in [-0.25, -0.2) is 0 Å². The Morgan fingerprint density at radius 3 is 2.62 bits per heavy atom. The van der Waals surface area contributed by atoms with Gasteiger partial charge in [0.2, 0.25) is 0 Å². The summed E-state index contributed by atoms with van der Waals surface area (Å²) in [5, 5.41) is 2.80. The van der Waals surface area contributed by atoms with E-state index in [1.54, 1.807) is 25.3 Å². The maximum absolute atomic E-state index is 12.3. The number of ether oxygens (including phenoxy) is 1. The SMILES string of the molecule is COc1cccc(NC(=O)c2ccc(Cc3ccc(C)cc3)o2)c1. The summed E-state index contributed by atoms with van der Waals surface area (Å²) in [6.45, 7) is 2.05. The van der Waals surface area contributed by atoms with E-state index >= 15 is 0 Å². The molecule has 0 bridgehead atoms. The fourth-order valence-corrected chi connectivity index (χ4v) is 2.40. The lowest BCUT2D eigenvalue weighted by Gasteiger charge is -2.05. The number of carbonyl (C=O) groups is 1. The first-order valence-electron chi connectivity index (χ1n) is 7.74. The molecule has 4 nitrogen and oxygen atoms in total. The number of hydrogen-bond donors (Lipinski definition) is 1. The number of amides is 1. The summed E-state index contributed by atoms with van der Waals surface area (Å²) in [4.78, 5) is 12.3. The Balaban J connectivity index is 1.67. The molecule has 24 heavy (non-hydrogen) atoms. The molecule has 0 aliphatic rings. The maximum Gasteiger partial charge on any atom is 0.291 e. The molecule has 0 saturated carbocycles. The third kappa shape index (κ3) is 3.84. The fourth-order valence-electron chi connectivity index (χ4n) is 2.40. The van der Waals surface area contributed by atoms with E-state index in [1.807, 2.05) is 18.2 Å². The van der Waals surface area contributed by atoms with E-state index in [0.29, 0.717) is 23.6 Å². The number of carbonyl (C=O) groups excluding carboxylic acids is 1. The smallest absolute Gasteiger partial charge is 0.291 e. The highest BCUT2D eigenvalue weighted by molar-refractivity contribution is 6.02. The molecule has 2 aromatic carbocycles. The van der Waals surface area contributed by atoms with Crippen LogP contribution in [0, 0.1) is 6.92 Å². The second kappa shape index (κ2) is 7.04. The van der Waals surface area contributed by atoms with E-state index in [9.17, 15) is 4.79 Å². The minimum absolute atomic E-state index is 0.279.